The minimum absolute atomic E-state index is 0.955. The third-order valence-electron chi connectivity index (χ3n) is 5.25. The van der Waals surface area contributed by atoms with Crippen LogP contribution in [0.1, 0.15) is 0 Å². The first-order chi connectivity index (χ1) is 15.3. The maximum Gasteiger partial charge on any atom is 0.0716 e. The molecule has 0 saturated heterocycles. The second-order valence-electron chi connectivity index (χ2n) is 7.32. The Labute approximate surface area is 190 Å². The summed E-state index contributed by atoms with van der Waals surface area (Å²) in [6.07, 6.45) is 3.64. The van der Waals surface area contributed by atoms with Gasteiger partial charge in [-0.1, -0.05) is 82.7 Å². The third kappa shape index (κ3) is 4.32. The van der Waals surface area contributed by atoms with Crippen LogP contribution in [0, 0.1) is 0 Å². The third-order valence-corrected chi connectivity index (χ3v) is 5.74. The molecule has 0 aliphatic heterocycles. The molecule has 0 atom stereocenters. The first kappa shape index (κ1) is 19.4. The van der Waals surface area contributed by atoms with E-state index in [0.29, 0.717) is 0 Å². The molecule has 3 heteroatoms. The van der Waals surface area contributed by atoms with Gasteiger partial charge in [0.05, 0.1) is 11.4 Å². The van der Waals surface area contributed by atoms with Crippen LogP contribution in [0.5, 0.6) is 0 Å². The second kappa shape index (κ2) is 8.66. The quantitative estimate of drug-likeness (QED) is 0.271. The standard InChI is InChI=1S/C28H19BrN2/c29-26-8-4-7-24(17-26)28-19-25(18-27(31-28)23-5-2-1-3-6-23)21-11-9-20(10-12-21)22-13-15-30-16-14-22/h1-19H. The van der Waals surface area contributed by atoms with E-state index >= 15 is 0 Å². The molecular formula is C28H19BrN2. The number of halogens is 1. The van der Waals surface area contributed by atoms with Crippen LogP contribution in [-0.2, 0) is 0 Å². The zero-order valence-corrected chi connectivity index (χ0v) is 18.3. The molecule has 5 rings (SSSR count). The van der Waals surface area contributed by atoms with Gasteiger partial charge in [0.2, 0.25) is 0 Å². The normalized spacial score (nSPS) is 10.7. The van der Waals surface area contributed by atoms with Gasteiger partial charge in [-0.2, -0.15) is 0 Å². The van der Waals surface area contributed by atoms with Crippen LogP contribution in [0.3, 0.4) is 0 Å². The van der Waals surface area contributed by atoms with Crippen molar-refractivity contribution >= 4 is 15.9 Å². The molecule has 0 N–H and O–H groups in total. The Kier molecular flexibility index (Phi) is 5.42. The van der Waals surface area contributed by atoms with E-state index in [1.807, 2.05) is 54.9 Å². The summed E-state index contributed by atoms with van der Waals surface area (Å²) >= 11 is 3.58. The molecule has 148 valence electrons. The topological polar surface area (TPSA) is 25.8 Å². The summed E-state index contributed by atoms with van der Waals surface area (Å²) in [7, 11) is 0. The Morgan fingerprint density at radius 1 is 0.452 bits per heavy atom. The molecule has 0 spiro atoms. The summed E-state index contributed by atoms with van der Waals surface area (Å²) in [4.78, 5) is 9.09. The van der Waals surface area contributed by atoms with E-state index < -0.39 is 0 Å². The van der Waals surface area contributed by atoms with Gasteiger partial charge >= 0.3 is 0 Å². The van der Waals surface area contributed by atoms with Crippen molar-refractivity contribution in [2.24, 2.45) is 0 Å². The fourth-order valence-corrected chi connectivity index (χ4v) is 4.05. The SMILES string of the molecule is Brc1cccc(-c2cc(-c3ccc(-c4ccncc4)cc3)cc(-c3ccccc3)n2)c1. The van der Waals surface area contributed by atoms with Crippen molar-refractivity contribution in [3.05, 3.63) is 120 Å². The van der Waals surface area contributed by atoms with Crippen molar-refractivity contribution in [2.75, 3.05) is 0 Å². The molecule has 0 aliphatic carbocycles. The van der Waals surface area contributed by atoms with Crippen LogP contribution in [0.15, 0.2) is 120 Å². The number of aromatic nitrogens is 2. The Morgan fingerprint density at radius 3 is 1.71 bits per heavy atom. The van der Waals surface area contributed by atoms with Crippen LogP contribution >= 0.6 is 15.9 Å². The molecule has 0 amide bonds. The molecular weight excluding hydrogens is 444 g/mol. The van der Waals surface area contributed by atoms with Gasteiger partial charge < -0.3 is 0 Å². The van der Waals surface area contributed by atoms with Gasteiger partial charge in [-0.15, -0.1) is 0 Å². The number of hydrogen-bond donors (Lipinski definition) is 0. The first-order valence-electron chi connectivity index (χ1n) is 10.1. The highest BCUT2D eigenvalue weighted by atomic mass is 79.9. The fraction of sp³-hybridized carbons (Fsp3) is 0. The van der Waals surface area contributed by atoms with E-state index in [1.54, 1.807) is 0 Å². The molecule has 2 nitrogen and oxygen atoms in total. The van der Waals surface area contributed by atoms with E-state index in [2.05, 4.69) is 81.6 Å². The molecule has 5 aromatic rings. The maximum absolute atomic E-state index is 4.98. The molecule has 31 heavy (non-hydrogen) atoms. The van der Waals surface area contributed by atoms with E-state index in [1.165, 1.54) is 5.56 Å². The number of nitrogens with zero attached hydrogens (tertiary/aromatic N) is 2. The van der Waals surface area contributed by atoms with Gasteiger partial charge in [0.1, 0.15) is 0 Å². The van der Waals surface area contributed by atoms with Gasteiger partial charge in [-0.05, 0) is 58.7 Å². The number of pyridine rings is 2. The van der Waals surface area contributed by atoms with Crippen LogP contribution in [0.2, 0.25) is 0 Å². The van der Waals surface area contributed by atoms with E-state index in [0.717, 1.165) is 43.7 Å². The molecule has 3 aromatic carbocycles. The molecule has 0 unspecified atom stereocenters. The summed E-state index contributed by atoms with van der Waals surface area (Å²) < 4.78 is 1.04. The second-order valence-corrected chi connectivity index (χ2v) is 8.23. The summed E-state index contributed by atoms with van der Waals surface area (Å²) in [6, 6.07) is 35.6. The number of hydrogen-bond acceptors (Lipinski definition) is 2. The van der Waals surface area contributed by atoms with Gasteiger partial charge in [-0.3, -0.25) is 4.98 Å². The van der Waals surface area contributed by atoms with Crippen molar-refractivity contribution in [3.63, 3.8) is 0 Å². The number of benzene rings is 3. The Hall–Kier alpha value is -3.56. The zero-order chi connectivity index (χ0) is 21.0. The Balaban J connectivity index is 1.61. The highest BCUT2D eigenvalue weighted by Crippen LogP contribution is 2.32. The highest BCUT2D eigenvalue weighted by Gasteiger charge is 2.09. The molecule has 0 fully saturated rings. The Bertz CT molecular complexity index is 1310. The lowest BCUT2D eigenvalue weighted by Gasteiger charge is -2.11. The van der Waals surface area contributed by atoms with Crippen LogP contribution in [-0.4, -0.2) is 9.97 Å². The largest absolute Gasteiger partial charge is 0.265 e. The maximum atomic E-state index is 4.98. The van der Waals surface area contributed by atoms with Crippen molar-refractivity contribution in [1.29, 1.82) is 0 Å². The van der Waals surface area contributed by atoms with Crippen LogP contribution < -0.4 is 0 Å². The molecule has 0 aliphatic rings. The molecule has 0 saturated carbocycles. The van der Waals surface area contributed by atoms with E-state index in [4.69, 9.17) is 4.98 Å². The first-order valence-corrected chi connectivity index (χ1v) is 10.9. The zero-order valence-electron chi connectivity index (χ0n) is 16.7. The van der Waals surface area contributed by atoms with Gasteiger partial charge in [0, 0.05) is 28.0 Å². The lowest BCUT2D eigenvalue weighted by molar-refractivity contribution is 1.32. The van der Waals surface area contributed by atoms with Crippen LogP contribution in [0.4, 0.5) is 0 Å². The molecule has 0 bridgehead atoms. The Morgan fingerprint density at radius 2 is 1.03 bits per heavy atom. The predicted octanol–water partition coefficient (Wildman–Crippen LogP) is 7.91. The predicted molar refractivity (Wildman–Crippen MR) is 131 cm³/mol. The minimum Gasteiger partial charge on any atom is -0.265 e. The summed E-state index contributed by atoms with van der Waals surface area (Å²) in [6.45, 7) is 0. The average Bonchev–Trinajstić information content (AvgIpc) is 2.85. The van der Waals surface area contributed by atoms with Gasteiger partial charge in [0.25, 0.3) is 0 Å². The van der Waals surface area contributed by atoms with Gasteiger partial charge in [-0.25, -0.2) is 4.98 Å². The molecule has 2 heterocycles. The number of rotatable bonds is 4. The summed E-state index contributed by atoms with van der Waals surface area (Å²) in [5.74, 6) is 0. The average molecular weight is 463 g/mol. The monoisotopic (exact) mass is 462 g/mol. The van der Waals surface area contributed by atoms with Crippen molar-refractivity contribution in [1.82, 2.24) is 9.97 Å². The van der Waals surface area contributed by atoms with Crippen molar-refractivity contribution in [3.8, 4) is 44.8 Å². The summed E-state index contributed by atoms with van der Waals surface area (Å²) in [5.41, 5.74) is 8.75. The van der Waals surface area contributed by atoms with Crippen molar-refractivity contribution < 1.29 is 0 Å². The minimum atomic E-state index is 0.955. The van der Waals surface area contributed by atoms with Crippen molar-refractivity contribution in [2.45, 2.75) is 0 Å². The fourth-order valence-electron chi connectivity index (χ4n) is 3.65. The lowest BCUT2D eigenvalue weighted by atomic mass is 9.98. The van der Waals surface area contributed by atoms with E-state index in [9.17, 15) is 0 Å². The van der Waals surface area contributed by atoms with Crippen LogP contribution in [0.25, 0.3) is 44.8 Å². The smallest absolute Gasteiger partial charge is 0.0716 e. The summed E-state index contributed by atoms with van der Waals surface area (Å²) in [5, 5.41) is 0. The highest BCUT2D eigenvalue weighted by molar-refractivity contribution is 9.10. The van der Waals surface area contributed by atoms with E-state index in [-0.39, 0.29) is 0 Å². The molecule has 0 radical (unpaired) electrons. The van der Waals surface area contributed by atoms with Gasteiger partial charge in [0.15, 0.2) is 0 Å². The lowest BCUT2D eigenvalue weighted by Crippen LogP contribution is -1.91. The molecule has 2 aromatic heterocycles.